The smallest absolute Gasteiger partial charge is 0.221 e. The SMILES string of the molecule is CC(=O)Nc1ccc(-c2nn(C3CC3)c3ncnc(N)c23)cc1. The van der Waals surface area contributed by atoms with Gasteiger partial charge in [-0.2, -0.15) is 5.10 Å². The number of aromatic nitrogens is 4. The largest absolute Gasteiger partial charge is 0.383 e. The van der Waals surface area contributed by atoms with Crippen molar-refractivity contribution in [2.45, 2.75) is 25.8 Å². The molecule has 7 heteroatoms. The van der Waals surface area contributed by atoms with E-state index in [4.69, 9.17) is 10.8 Å². The van der Waals surface area contributed by atoms with E-state index in [0.717, 1.165) is 40.8 Å². The third kappa shape index (κ3) is 2.40. The quantitative estimate of drug-likeness (QED) is 0.774. The lowest BCUT2D eigenvalue weighted by Gasteiger charge is -2.03. The highest BCUT2D eigenvalue weighted by molar-refractivity contribution is 5.98. The van der Waals surface area contributed by atoms with Crippen molar-refractivity contribution in [3.05, 3.63) is 30.6 Å². The molecular weight excluding hydrogens is 292 g/mol. The van der Waals surface area contributed by atoms with E-state index in [1.807, 2.05) is 28.9 Å². The molecule has 1 aliphatic rings. The first-order valence-electron chi connectivity index (χ1n) is 7.50. The van der Waals surface area contributed by atoms with Gasteiger partial charge in [0.15, 0.2) is 5.65 Å². The molecule has 1 saturated carbocycles. The zero-order chi connectivity index (χ0) is 16.0. The number of benzene rings is 1. The van der Waals surface area contributed by atoms with Gasteiger partial charge in [0.1, 0.15) is 17.8 Å². The van der Waals surface area contributed by atoms with Crippen LogP contribution in [-0.4, -0.2) is 25.7 Å². The fourth-order valence-electron chi connectivity index (χ4n) is 2.69. The zero-order valence-corrected chi connectivity index (χ0v) is 12.7. The van der Waals surface area contributed by atoms with Gasteiger partial charge in [-0.15, -0.1) is 0 Å². The molecule has 23 heavy (non-hydrogen) atoms. The molecule has 0 aliphatic heterocycles. The van der Waals surface area contributed by atoms with Crippen molar-refractivity contribution in [3.8, 4) is 11.3 Å². The van der Waals surface area contributed by atoms with Crippen LogP contribution in [0.15, 0.2) is 30.6 Å². The number of fused-ring (bicyclic) bond motifs is 1. The molecule has 3 aromatic rings. The van der Waals surface area contributed by atoms with Gasteiger partial charge in [0.25, 0.3) is 0 Å². The van der Waals surface area contributed by atoms with Crippen LogP contribution in [0.5, 0.6) is 0 Å². The molecule has 0 atom stereocenters. The third-order valence-corrected chi connectivity index (χ3v) is 3.89. The van der Waals surface area contributed by atoms with Crippen LogP contribution in [0.3, 0.4) is 0 Å². The number of rotatable bonds is 3. The molecule has 3 N–H and O–H groups in total. The molecule has 1 fully saturated rings. The van der Waals surface area contributed by atoms with Gasteiger partial charge >= 0.3 is 0 Å². The summed E-state index contributed by atoms with van der Waals surface area (Å²) in [4.78, 5) is 19.6. The number of nitrogens with one attached hydrogen (secondary N) is 1. The standard InChI is InChI=1S/C16H16N6O/c1-9(23)20-11-4-2-10(3-5-11)14-13-15(17)18-8-19-16(13)22(21-14)12-6-7-12/h2-5,8,12H,6-7H2,1H3,(H,20,23)(H2,17,18,19). The minimum absolute atomic E-state index is 0.0983. The van der Waals surface area contributed by atoms with Crippen LogP contribution in [0.1, 0.15) is 25.8 Å². The summed E-state index contributed by atoms with van der Waals surface area (Å²) < 4.78 is 1.95. The average Bonchev–Trinajstić information content (AvgIpc) is 3.29. The van der Waals surface area contributed by atoms with Crippen molar-refractivity contribution in [2.24, 2.45) is 0 Å². The van der Waals surface area contributed by atoms with E-state index in [-0.39, 0.29) is 5.91 Å². The first kappa shape index (κ1) is 13.7. The molecule has 0 spiro atoms. The van der Waals surface area contributed by atoms with Gasteiger partial charge in [-0.3, -0.25) is 4.79 Å². The van der Waals surface area contributed by atoms with Crippen LogP contribution in [0, 0.1) is 0 Å². The topological polar surface area (TPSA) is 98.7 Å². The highest BCUT2D eigenvalue weighted by atomic mass is 16.1. The lowest BCUT2D eigenvalue weighted by molar-refractivity contribution is -0.114. The molecule has 116 valence electrons. The number of carbonyl (C=O) groups is 1. The first-order chi connectivity index (χ1) is 11.1. The minimum Gasteiger partial charge on any atom is -0.383 e. The molecule has 1 amide bonds. The van der Waals surface area contributed by atoms with Crippen LogP contribution in [0.2, 0.25) is 0 Å². The second-order valence-corrected chi connectivity index (χ2v) is 5.74. The van der Waals surface area contributed by atoms with Crippen molar-refractivity contribution in [3.63, 3.8) is 0 Å². The van der Waals surface area contributed by atoms with E-state index in [0.29, 0.717) is 11.9 Å². The Morgan fingerprint density at radius 3 is 2.65 bits per heavy atom. The van der Waals surface area contributed by atoms with Crippen molar-refractivity contribution in [2.75, 3.05) is 11.1 Å². The number of hydrogen-bond acceptors (Lipinski definition) is 5. The fraction of sp³-hybridized carbons (Fsp3) is 0.250. The summed E-state index contributed by atoms with van der Waals surface area (Å²) in [6.07, 6.45) is 3.70. The average molecular weight is 308 g/mol. The van der Waals surface area contributed by atoms with Gasteiger partial charge in [0.05, 0.1) is 11.4 Å². The maximum absolute atomic E-state index is 11.1. The number of amides is 1. The molecule has 2 heterocycles. The Morgan fingerprint density at radius 2 is 2.00 bits per heavy atom. The molecule has 0 radical (unpaired) electrons. The molecule has 1 aliphatic carbocycles. The molecule has 1 aromatic carbocycles. The number of carbonyl (C=O) groups excluding carboxylic acids is 1. The first-order valence-corrected chi connectivity index (χ1v) is 7.50. The Kier molecular flexibility index (Phi) is 3.00. The van der Waals surface area contributed by atoms with E-state index in [9.17, 15) is 4.79 Å². The fourth-order valence-corrected chi connectivity index (χ4v) is 2.69. The van der Waals surface area contributed by atoms with Crippen molar-refractivity contribution in [1.82, 2.24) is 19.7 Å². The van der Waals surface area contributed by atoms with Crippen LogP contribution >= 0.6 is 0 Å². The second kappa shape index (κ2) is 5.05. The lowest BCUT2D eigenvalue weighted by Crippen LogP contribution is -2.05. The van der Waals surface area contributed by atoms with E-state index in [1.54, 1.807) is 0 Å². The number of nitrogens with two attached hydrogens (primary N) is 1. The second-order valence-electron chi connectivity index (χ2n) is 5.74. The monoisotopic (exact) mass is 308 g/mol. The van der Waals surface area contributed by atoms with Crippen LogP contribution in [-0.2, 0) is 4.79 Å². The van der Waals surface area contributed by atoms with Gasteiger partial charge in [0.2, 0.25) is 5.91 Å². The van der Waals surface area contributed by atoms with Crippen LogP contribution in [0.25, 0.3) is 22.3 Å². The molecule has 0 unspecified atom stereocenters. The Morgan fingerprint density at radius 1 is 1.26 bits per heavy atom. The summed E-state index contributed by atoms with van der Waals surface area (Å²) >= 11 is 0. The predicted molar refractivity (Wildman–Crippen MR) is 87.7 cm³/mol. The van der Waals surface area contributed by atoms with Gasteiger partial charge in [-0.25, -0.2) is 14.6 Å². The van der Waals surface area contributed by atoms with E-state index >= 15 is 0 Å². The normalized spacial score (nSPS) is 14.1. The molecule has 0 saturated heterocycles. The van der Waals surface area contributed by atoms with Gasteiger partial charge in [0, 0.05) is 18.2 Å². The summed E-state index contributed by atoms with van der Waals surface area (Å²) in [6.45, 7) is 1.48. The third-order valence-electron chi connectivity index (χ3n) is 3.89. The molecule has 0 bridgehead atoms. The maximum atomic E-state index is 11.1. The Balaban J connectivity index is 1.83. The molecular formula is C16H16N6O. The number of anilines is 2. The number of hydrogen-bond donors (Lipinski definition) is 2. The highest BCUT2D eigenvalue weighted by Crippen LogP contribution is 2.39. The molecule has 4 rings (SSSR count). The van der Waals surface area contributed by atoms with Crippen molar-refractivity contribution in [1.29, 1.82) is 0 Å². The predicted octanol–water partition coefficient (Wildman–Crippen LogP) is 2.37. The lowest BCUT2D eigenvalue weighted by atomic mass is 10.1. The summed E-state index contributed by atoms with van der Waals surface area (Å²) in [5.41, 5.74) is 9.29. The van der Waals surface area contributed by atoms with Crippen LogP contribution < -0.4 is 11.1 Å². The van der Waals surface area contributed by atoms with Crippen LogP contribution in [0.4, 0.5) is 11.5 Å². The van der Waals surface area contributed by atoms with E-state index in [2.05, 4.69) is 15.3 Å². The highest BCUT2D eigenvalue weighted by Gasteiger charge is 2.29. The number of nitrogen functional groups attached to an aromatic ring is 1. The van der Waals surface area contributed by atoms with E-state index < -0.39 is 0 Å². The summed E-state index contributed by atoms with van der Waals surface area (Å²) in [6, 6.07) is 7.92. The van der Waals surface area contributed by atoms with Crippen molar-refractivity contribution < 1.29 is 4.79 Å². The van der Waals surface area contributed by atoms with E-state index in [1.165, 1.54) is 13.3 Å². The van der Waals surface area contributed by atoms with Gasteiger partial charge < -0.3 is 11.1 Å². The molecule has 2 aromatic heterocycles. The Bertz CT molecular complexity index is 895. The Hall–Kier alpha value is -2.96. The van der Waals surface area contributed by atoms with Gasteiger partial charge in [-0.1, -0.05) is 12.1 Å². The maximum Gasteiger partial charge on any atom is 0.221 e. The molecule has 7 nitrogen and oxygen atoms in total. The zero-order valence-electron chi connectivity index (χ0n) is 12.7. The Labute approximate surface area is 132 Å². The van der Waals surface area contributed by atoms with Gasteiger partial charge in [-0.05, 0) is 25.0 Å². The summed E-state index contributed by atoms with van der Waals surface area (Å²) in [5.74, 6) is 0.335. The number of nitrogens with zero attached hydrogens (tertiary/aromatic N) is 4. The minimum atomic E-state index is -0.0983. The summed E-state index contributed by atoms with van der Waals surface area (Å²) in [5, 5.41) is 8.26. The van der Waals surface area contributed by atoms with Crippen molar-refractivity contribution >= 4 is 28.4 Å². The summed E-state index contributed by atoms with van der Waals surface area (Å²) in [7, 11) is 0.